The molecule has 1 aromatic heterocycles. The van der Waals surface area contributed by atoms with Crippen molar-refractivity contribution in [2.45, 2.75) is 69.3 Å². The number of phenols is 1. The molecule has 1 saturated heterocycles. The number of phenolic OH excluding ortho intramolecular Hbond substituents is 1. The molecule has 2 aromatic carbocycles. The number of benzene rings is 2. The van der Waals surface area contributed by atoms with Crippen LogP contribution < -0.4 is 4.74 Å². The van der Waals surface area contributed by atoms with E-state index < -0.39 is 0 Å². The van der Waals surface area contributed by atoms with Crippen molar-refractivity contribution in [1.82, 2.24) is 4.90 Å². The normalized spacial score (nSPS) is 38.7. The second-order valence-electron chi connectivity index (χ2n) is 12.8. The van der Waals surface area contributed by atoms with E-state index >= 15 is 0 Å². The van der Waals surface area contributed by atoms with Crippen LogP contribution in [-0.2, 0) is 27.9 Å². The first kappa shape index (κ1) is 23.7. The minimum Gasteiger partial charge on any atom is -0.504 e. The maximum absolute atomic E-state index is 11.0. The van der Waals surface area contributed by atoms with Crippen molar-refractivity contribution in [2.75, 3.05) is 27.3 Å². The highest BCUT2D eigenvalue weighted by Gasteiger charge is 2.78. The third-order valence-corrected chi connectivity index (χ3v) is 12.7. The zero-order chi connectivity index (χ0) is 25.9. The van der Waals surface area contributed by atoms with Crippen LogP contribution in [0.3, 0.4) is 0 Å². The minimum absolute atomic E-state index is 0.0878. The van der Waals surface area contributed by atoms with E-state index in [1.807, 2.05) is 24.5 Å². The Bertz CT molecular complexity index is 1400. The molecule has 2 spiro atoms. The summed E-state index contributed by atoms with van der Waals surface area (Å²) in [7, 11) is 4.19. The van der Waals surface area contributed by atoms with Crippen LogP contribution in [0.1, 0.15) is 48.6 Å². The van der Waals surface area contributed by atoms with Crippen molar-refractivity contribution in [3.05, 3.63) is 58.5 Å². The monoisotopic (exact) mass is 531 g/mol. The van der Waals surface area contributed by atoms with Gasteiger partial charge in [-0.05, 0) is 80.8 Å². The number of fused-ring (bicyclic) bond motifs is 2. The SMILES string of the molecule is COC1[C@@H]2Oc3c(O)ccc4c3[C@@]23CCN(C)[C@H](C4)[C@]32CCC(C)[C@]1(COCc1cc3ccccc3s1)C2. The summed E-state index contributed by atoms with van der Waals surface area (Å²) in [5.41, 5.74) is 2.53. The Balaban J connectivity index is 1.22. The number of hydrogen-bond donors (Lipinski definition) is 1. The largest absolute Gasteiger partial charge is 0.504 e. The summed E-state index contributed by atoms with van der Waals surface area (Å²) in [5, 5.41) is 12.3. The van der Waals surface area contributed by atoms with Crippen LogP contribution in [-0.4, -0.2) is 55.6 Å². The molecule has 6 heteroatoms. The summed E-state index contributed by atoms with van der Waals surface area (Å²) in [6.07, 6.45) is 5.37. The van der Waals surface area contributed by atoms with Gasteiger partial charge in [0.2, 0.25) is 0 Å². The van der Waals surface area contributed by atoms with Crippen molar-refractivity contribution in [3.8, 4) is 11.5 Å². The van der Waals surface area contributed by atoms with E-state index in [9.17, 15) is 5.11 Å². The zero-order valence-corrected chi connectivity index (χ0v) is 23.4. The fourth-order valence-corrected chi connectivity index (χ4v) is 11.0. The van der Waals surface area contributed by atoms with Gasteiger partial charge < -0.3 is 24.2 Å². The number of likely N-dealkylation sites (tertiary alicyclic amines) is 1. The molecular formula is C32H37NO4S. The highest BCUT2D eigenvalue weighted by atomic mass is 32.1. The van der Waals surface area contributed by atoms with Gasteiger partial charge in [0.1, 0.15) is 12.2 Å². The number of likely N-dealkylation sites (N-methyl/N-ethyl adjacent to an activating group) is 1. The molecular weight excluding hydrogens is 494 g/mol. The van der Waals surface area contributed by atoms with E-state index in [1.54, 1.807) is 0 Å². The third-order valence-electron chi connectivity index (χ3n) is 11.6. The van der Waals surface area contributed by atoms with Crippen molar-refractivity contribution in [2.24, 2.45) is 16.7 Å². The van der Waals surface area contributed by atoms with Gasteiger partial charge in [-0.1, -0.05) is 31.2 Å². The lowest BCUT2D eigenvalue weighted by atomic mass is 9.35. The minimum atomic E-state index is -0.135. The van der Waals surface area contributed by atoms with Crippen LogP contribution in [0.5, 0.6) is 11.5 Å². The summed E-state index contributed by atoms with van der Waals surface area (Å²) >= 11 is 1.83. The smallest absolute Gasteiger partial charge is 0.165 e. The fraction of sp³-hybridized carbons (Fsp3) is 0.562. The van der Waals surface area contributed by atoms with Crippen molar-refractivity contribution in [3.63, 3.8) is 0 Å². The molecule has 5 aliphatic rings. The summed E-state index contributed by atoms with van der Waals surface area (Å²) in [5.74, 6) is 1.48. The fourth-order valence-electron chi connectivity index (χ4n) is 9.96. The lowest BCUT2D eigenvalue weighted by molar-refractivity contribution is -0.264. The molecule has 3 fully saturated rings. The van der Waals surface area contributed by atoms with Gasteiger partial charge in [-0.25, -0.2) is 0 Å². The second kappa shape index (κ2) is 7.97. The van der Waals surface area contributed by atoms with Crippen molar-refractivity contribution in [1.29, 1.82) is 0 Å². The Morgan fingerprint density at radius 1 is 1.18 bits per heavy atom. The maximum Gasteiger partial charge on any atom is 0.165 e. The number of hydrogen-bond acceptors (Lipinski definition) is 6. The molecule has 1 N–H and O–H groups in total. The Labute approximate surface area is 228 Å². The number of aromatic hydroxyl groups is 1. The molecule has 7 atom stereocenters. The highest BCUT2D eigenvalue weighted by molar-refractivity contribution is 7.19. The molecule has 2 unspecified atom stereocenters. The summed E-state index contributed by atoms with van der Waals surface area (Å²) < 4.78 is 21.4. The molecule has 8 rings (SSSR count). The number of thiophene rings is 1. The standard InChI is InChI=1S/C32H37NO4S/c1-19-10-11-31-17-30(19,18-36-16-22-14-20-6-4-5-7-24(20)38-22)28(35-3)29-32(31)12-13-33(2)25(31)15-21-8-9-23(34)27(37-29)26(21)32/h4-9,14,19,25,28-29,34H,10-13,15-18H2,1-3H3/t19?,25-,28?,29+,30-,31-,32+/m1/s1. The third kappa shape index (κ3) is 2.73. The van der Waals surface area contributed by atoms with E-state index in [0.29, 0.717) is 25.2 Å². The molecule has 5 nitrogen and oxygen atoms in total. The number of rotatable bonds is 5. The molecule has 38 heavy (non-hydrogen) atoms. The average Bonchev–Trinajstić information content (AvgIpc) is 3.49. The Morgan fingerprint density at radius 2 is 2.05 bits per heavy atom. The Hall–Kier alpha value is -2.12. The van der Waals surface area contributed by atoms with Crippen LogP contribution in [0.15, 0.2) is 42.5 Å². The van der Waals surface area contributed by atoms with Gasteiger partial charge in [0.15, 0.2) is 11.5 Å². The summed E-state index contributed by atoms with van der Waals surface area (Å²) in [4.78, 5) is 3.90. The van der Waals surface area contributed by atoms with Crippen LogP contribution >= 0.6 is 11.3 Å². The van der Waals surface area contributed by atoms with Crippen LogP contribution in [0.4, 0.5) is 0 Å². The topological polar surface area (TPSA) is 51.2 Å². The molecule has 4 bridgehead atoms. The van der Waals surface area contributed by atoms with Gasteiger partial charge in [0, 0.05) is 44.5 Å². The van der Waals surface area contributed by atoms with Gasteiger partial charge >= 0.3 is 0 Å². The molecule has 3 aromatic rings. The number of methoxy groups -OCH3 is 1. The molecule has 3 aliphatic carbocycles. The van der Waals surface area contributed by atoms with Crippen LogP contribution in [0.25, 0.3) is 10.1 Å². The average molecular weight is 532 g/mol. The van der Waals surface area contributed by atoms with Gasteiger partial charge in [0.25, 0.3) is 0 Å². The van der Waals surface area contributed by atoms with Crippen molar-refractivity contribution < 1.29 is 19.3 Å². The molecule has 3 heterocycles. The number of ether oxygens (including phenoxy) is 3. The molecule has 0 amide bonds. The molecule has 2 aliphatic heterocycles. The quantitative estimate of drug-likeness (QED) is 0.444. The first-order chi connectivity index (χ1) is 18.4. The van der Waals surface area contributed by atoms with E-state index in [4.69, 9.17) is 14.2 Å². The Kier molecular flexibility index (Phi) is 4.98. The Morgan fingerprint density at radius 3 is 2.89 bits per heavy atom. The van der Waals surface area contributed by atoms with Gasteiger partial charge in [-0.3, -0.25) is 0 Å². The predicted octanol–water partition coefficient (Wildman–Crippen LogP) is 5.90. The molecule has 2 saturated carbocycles. The van der Waals surface area contributed by atoms with Crippen molar-refractivity contribution >= 4 is 21.4 Å². The number of piperidine rings is 1. The first-order valence-corrected chi connectivity index (χ1v) is 15.1. The van der Waals surface area contributed by atoms with E-state index in [2.05, 4.69) is 55.3 Å². The molecule has 200 valence electrons. The summed E-state index contributed by atoms with van der Waals surface area (Å²) in [6, 6.07) is 15.3. The zero-order valence-electron chi connectivity index (χ0n) is 22.5. The maximum atomic E-state index is 11.0. The predicted molar refractivity (Wildman–Crippen MR) is 149 cm³/mol. The highest BCUT2D eigenvalue weighted by Crippen LogP contribution is 2.76. The molecule has 0 radical (unpaired) electrons. The van der Waals surface area contributed by atoms with E-state index in [0.717, 1.165) is 31.6 Å². The summed E-state index contributed by atoms with van der Waals surface area (Å²) in [6.45, 7) is 4.77. The lowest BCUT2D eigenvalue weighted by Gasteiger charge is -2.73. The van der Waals surface area contributed by atoms with Crippen LogP contribution in [0, 0.1) is 16.7 Å². The second-order valence-corrected chi connectivity index (χ2v) is 14.0. The number of nitrogens with zero attached hydrogens (tertiary/aromatic N) is 1. The van der Waals surface area contributed by atoms with Gasteiger partial charge in [-0.2, -0.15) is 0 Å². The van der Waals surface area contributed by atoms with Crippen LogP contribution in [0.2, 0.25) is 0 Å². The first-order valence-electron chi connectivity index (χ1n) is 14.2. The van der Waals surface area contributed by atoms with Gasteiger partial charge in [0.05, 0.1) is 13.2 Å². The van der Waals surface area contributed by atoms with E-state index in [1.165, 1.54) is 38.9 Å². The van der Waals surface area contributed by atoms with Gasteiger partial charge in [-0.15, -0.1) is 11.3 Å². The van der Waals surface area contributed by atoms with E-state index in [-0.39, 0.29) is 34.2 Å². The lowest BCUT2D eigenvalue weighted by Crippen LogP contribution is -2.78.